The fourth-order valence-electron chi connectivity index (χ4n) is 2.55. The standard InChI is InChI=1S/C21H14ClN3O4/c22-17-11-16(20(26)18(12-17)25(28)29)13-23-24-19(14-7-3-1-4-8-14)21(27)15-9-5-2-6-10-15/h1-13,26H/b23-13+,24-19?. The number of nitrogens with zero attached hydrogens (tertiary/aromatic N) is 3. The molecule has 1 N–H and O–H groups in total. The highest BCUT2D eigenvalue weighted by Gasteiger charge is 2.18. The first-order valence-corrected chi connectivity index (χ1v) is 8.78. The van der Waals surface area contributed by atoms with Crippen molar-refractivity contribution in [2.24, 2.45) is 10.2 Å². The zero-order valence-electron chi connectivity index (χ0n) is 14.9. The first kappa shape index (κ1) is 19.9. The lowest BCUT2D eigenvalue weighted by molar-refractivity contribution is -0.385. The van der Waals surface area contributed by atoms with E-state index in [1.54, 1.807) is 60.7 Å². The number of hydrogen-bond acceptors (Lipinski definition) is 6. The highest BCUT2D eigenvalue weighted by molar-refractivity contribution is 6.51. The summed E-state index contributed by atoms with van der Waals surface area (Å²) in [5.74, 6) is -0.927. The molecule has 29 heavy (non-hydrogen) atoms. The monoisotopic (exact) mass is 407 g/mol. The number of rotatable bonds is 6. The lowest BCUT2D eigenvalue weighted by Crippen LogP contribution is -2.15. The molecule has 0 amide bonds. The van der Waals surface area contributed by atoms with Gasteiger partial charge in [0.05, 0.1) is 11.1 Å². The van der Waals surface area contributed by atoms with Gasteiger partial charge in [0.1, 0.15) is 5.71 Å². The minimum atomic E-state index is -0.754. The molecule has 0 aromatic heterocycles. The number of ketones is 1. The highest BCUT2D eigenvalue weighted by atomic mass is 35.5. The minimum absolute atomic E-state index is 0.00696. The van der Waals surface area contributed by atoms with E-state index in [0.29, 0.717) is 11.1 Å². The highest BCUT2D eigenvalue weighted by Crippen LogP contribution is 2.32. The van der Waals surface area contributed by atoms with Crippen LogP contribution in [0.15, 0.2) is 83.0 Å². The molecule has 8 heteroatoms. The summed E-state index contributed by atoms with van der Waals surface area (Å²) < 4.78 is 0. The second kappa shape index (κ2) is 8.90. The Bertz CT molecular complexity index is 1110. The van der Waals surface area contributed by atoms with Crippen LogP contribution in [0, 0.1) is 10.1 Å². The number of phenols is 1. The van der Waals surface area contributed by atoms with Crippen LogP contribution in [-0.2, 0) is 0 Å². The molecule has 7 nitrogen and oxygen atoms in total. The Labute approximate surface area is 170 Å². The van der Waals surface area contributed by atoms with Crippen LogP contribution in [0.3, 0.4) is 0 Å². The fourth-order valence-corrected chi connectivity index (χ4v) is 2.77. The number of hydrogen-bond donors (Lipinski definition) is 1. The summed E-state index contributed by atoms with van der Waals surface area (Å²) in [5, 5.41) is 29.0. The van der Waals surface area contributed by atoms with Crippen molar-refractivity contribution in [3.8, 4) is 5.75 Å². The third-order valence-electron chi connectivity index (χ3n) is 3.93. The average molecular weight is 408 g/mol. The van der Waals surface area contributed by atoms with Gasteiger partial charge in [0.2, 0.25) is 11.5 Å². The Balaban J connectivity index is 2.02. The van der Waals surface area contributed by atoms with Gasteiger partial charge in [-0.3, -0.25) is 14.9 Å². The molecular weight excluding hydrogens is 394 g/mol. The van der Waals surface area contributed by atoms with Crippen molar-refractivity contribution in [2.75, 3.05) is 0 Å². The van der Waals surface area contributed by atoms with Gasteiger partial charge in [0.25, 0.3) is 0 Å². The van der Waals surface area contributed by atoms with E-state index in [2.05, 4.69) is 10.2 Å². The van der Waals surface area contributed by atoms with E-state index in [-0.39, 0.29) is 22.1 Å². The van der Waals surface area contributed by atoms with Gasteiger partial charge in [-0.15, -0.1) is 5.10 Å². The molecule has 0 radical (unpaired) electrons. The van der Waals surface area contributed by atoms with Crippen LogP contribution >= 0.6 is 11.6 Å². The summed E-state index contributed by atoms with van der Waals surface area (Å²) in [6.45, 7) is 0. The van der Waals surface area contributed by atoms with Crippen molar-refractivity contribution in [3.05, 3.63) is 105 Å². The summed E-state index contributed by atoms with van der Waals surface area (Å²) in [6, 6.07) is 19.7. The second-order valence-corrected chi connectivity index (χ2v) is 6.31. The normalized spacial score (nSPS) is 11.6. The smallest absolute Gasteiger partial charge is 0.312 e. The molecule has 0 aliphatic carbocycles. The topological polar surface area (TPSA) is 105 Å². The number of carbonyl (C=O) groups excluding carboxylic acids is 1. The van der Waals surface area contributed by atoms with E-state index in [4.69, 9.17) is 11.6 Å². The number of carbonyl (C=O) groups is 1. The Morgan fingerprint density at radius 3 is 2.17 bits per heavy atom. The van der Waals surface area contributed by atoms with Crippen LogP contribution in [0.4, 0.5) is 5.69 Å². The molecule has 0 heterocycles. The van der Waals surface area contributed by atoms with Gasteiger partial charge >= 0.3 is 5.69 Å². The molecule has 144 valence electrons. The van der Waals surface area contributed by atoms with Crippen molar-refractivity contribution < 1.29 is 14.8 Å². The predicted octanol–water partition coefficient (Wildman–Crippen LogP) is 4.66. The maximum atomic E-state index is 12.9. The van der Waals surface area contributed by atoms with E-state index in [1.807, 2.05) is 0 Å². The zero-order chi connectivity index (χ0) is 20.8. The van der Waals surface area contributed by atoms with Crippen molar-refractivity contribution in [1.82, 2.24) is 0 Å². The van der Waals surface area contributed by atoms with E-state index >= 15 is 0 Å². The Hall–Kier alpha value is -3.84. The third kappa shape index (κ3) is 4.72. The minimum Gasteiger partial charge on any atom is -0.502 e. The summed E-state index contributed by atoms with van der Waals surface area (Å²) in [7, 11) is 0. The molecule has 0 atom stereocenters. The molecule has 3 aromatic carbocycles. The van der Waals surface area contributed by atoms with Crippen LogP contribution in [0.2, 0.25) is 5.02 Å². The van der Waals surface area contributed by atoms with Gasteiger partial charge in [-0.05, 0) is 6.07 Å². The number of benzene rings is 3. The molecule has 0 unspecified atom stereocenters. The average Bonchev–Trinajstić information content (AvgIpc) is 2.74. The van der Waals surface area contributed by atoms with E-state index < -0.39 is 16.4 Å². The zero-order valence-corrected chi connectivity index (χ0v) is 15.7. The Morgan fingerprint density at radius 2 is 1.59 bits per heavy atom. The molecule has 0 aliphatic heterocycles. The van der Waals surface area contributed by atoms with Crippen LogP contribution in [0.25, 0.3) is 0 Å². The van der Waals surface area contributed by atoms with Crippen LogP contribution in [0.1, 0.15) is 21.5 Å². The molecule has 3 aromatic rings. The van der Waals surface area contributed by atoms with Gasteiger partial charge in [0.15, 0.2) is 0 Å². The fraction of sp³-hybridized carbons (Fsp3) is 0. The summed E-state index contributed by atoms with van der Waals surface area (Å²) in [5.41, 5.74) is 0.537. The second-order valence-electron chi connectivity index (χ2n) is 5.87. The van der Waals surface area contributed by atoms with E-state index in [1.165, 1.54) is 6.07 Å². The quantitative estimate of drug-likeness (QED) is 0.277. The predicted molar refractivity (Wildman–Crippen MR) is 111 cm³/mol. The first-order valence-electron chi connectivity index (χ1n) is 8.40. The lowest BCUT2D eigenvalue weighted by atomic mass is 10.0. The maximum absolute atomic E-state index is 12.9. The maximum Gasteiger partial charge on any atom is 0.312 e. The Morgan fingerprint density at radius 1 is 1.00 bits per heavy atom. The summed E-state index contributed by atoms with van der Waals surface area (Å²) in [4.78, 5) is 23.1. The van der Waals surface area contributed by atoms with Crippen molar-refractivity contribution in [2.45, 2.75) is 0 Å². The van der Waals surface area contributed by atoms with Crippen molar-refractivity contribution in [3.63, 3.8) is 0 Å². The number of halogens is 1. The number of nitro benzene ring substituents is 1. The largest absolute Gasteiger partial charge is 0.502 e. The number of nitro groups is 1. The van der Waals surface area contributed by atoms with E-state index in [0.717, 1.165) is 12.3 Å². The molecule has 0 saturated carbocycles. The van der Waals surface area contributed by atoms with E-state index in [9.17, 15) is 20.0 Å². The van der Waals surface area contributed by atoms with Crippen molar-refractivity contribution >= 4 is 35.0 Å². The van der Waals surface area contributed by atoms with Crippen LogP contribution in [0.5, 0.6) is 5.75 Å². The number of Topliss-reactive ketones (excluding diaryl/α,β-unsaturated/α-hetero) is 1. The number of aromatic hydroxyl groups is 1. The molecule has 0 fully saturated rings. The molecular formula is C21H14ClN3O4. The Kier molecular flexibility index (Phi) is 6.11. The summed E-state index contributed by atoms with van der Waals surface area (Å²) in [6.07, 6.45) is 1.11. The lowest BCUT2D eigenvalue weighted by Gasteiger charge is -2.05. The SMILES string of the molecule is O=C(C(=N/N=C/c1cc(Cl)cc([N+](=O)[O-])c1O)c1ccccc1)c1ccccc1. The van der Waals surface area contributed by atoms with Gasteiger partial charge in [0, 0.05) is 27.8 Å². The number of phenolic OH excluding ortho intramolecular Hbond substituents is 1. The first-order chi connectivity index (χ1) is 14.0. The van der Waals surface area contributed by atoms with Gasteiger partial charge < -0.3 is 5.11 Å². The molecule has 3 rings (SSSR count). The van der Waals surface area contributed by atoms with Gasteiger partial charge in [-0.25, -0.2) is 0 Å². The summed E-state index contributed by atoms with van der Waals surface area (Å²) >= 11 is 5.87. The molecule has 0 saturated heterocycles. The molecule has 0 aliphatic rings. The van der Waals surface area contributed by atoms with Crippen molar-refractivity contribution in [1.29, 1.82) is 0 Å². The van der Waals surface area contributed by atoms with Gasteiger partial charge in [-0.2, -0.15) is 5.10 Å². The van der Waals surface area contributed by atoms with Gasteiger partial charge in [-0.1, -0.05) is 72.3 Å². The third-order valence-corrected chi connectivity index (χ3v) is 4.15. The molecule has 0 bridgehead atoms. The van der Waals surface area contributed by atoms with Crippen LogP contribution in [-0.4, -0.2) is 27.7 Å². The van der Waals surface area contributed by atoms with Crippen LogP contribution < -0.4 is 0 Å². The molecule has 0 spiro atoms.